The first-order valence-corrected chi connectivity index (χ1v) is 4.84. The fourth-order valence-corrected chi connectivity index (χ4v) is 0.927. The lowest BCUT2D eigenvalue weighted by atomic mass is 10.6. The van der Waals surface area contributed by atoms with Gasteiger partial charge in [0.1, 0.15) is 6.61 Å². The van der Waals surface area contributed by atoms with E-state index in [1.807, 2.05) is 13.0 Å². The van der Waals surface area contributed by atoms with Crippen molar-refractivity contribution in [2.45, 2.75) is 13.8 Å². The van der Waals surface area contributed by atoms with Crippen molar-refractivity contribution in [1.82, 2.24) is 0 Å². The van der Waals surface area contributed by atoms with Crippen LogP contribution in [0, 0.1) is 11.8 Å². The van der Waals surface area contributed by atoms with Crippen LogP contribution in [0.3, 0.4) is 0 Å². The van der Waals surface area contributed by atoms with Gasteiger partial charge in [0, 0.05) is 0 Å². The first kappa shape index (κ1) is 11.4. The smallest absolute Gasteiger partial charge is 0.306 e. The maximum absolute atomic E-state index is 10.8. The molecule has 0 saturated heterocycles. The van der Waals surface area contributed by atoms with Crippen LogP contribution in [0.1, 0.15) is 13.8 Å². The molecule has 0 aliphatic rings. The largest absolute Gasteiger partial charge is 0.320 e. The Morgan fingerprint density at radius 2 is 2.25 bits per heavy atom. The van der Waals surface area contributed by atoms with E-state index in [4.69, 9.17) is 9.05 Å². The van der Waals surface area contributed by atoms with Crippen LogP contribution in [0.4, 0.5) is 0 Å². The zero-order valence-electron chi connectivity index (χ0n) is 7.29. The van der Waals surface area contributed by atoms with Crippen molar-refractivity contribution in [3.8, 4) is 11.8 Å². The summed E-state index contributed by atoms with van der Waals surface area (Å²) in [6.45, 7) is 4.06. The Balaban J connectivity index is 3.38. The minimum Gasteiger partial charge on any atom is -0.306 e. The number of allylic oxidation sites excluding steroid dienone is 1. The van der Waals surface area contributed by atoms with Crippen LogP contribution < -0.4 is 0 Å². The summed E-state index contributed by atoms with van der Waals surface area (Å²) in [5, 5.41) is 0. The summed E-state index contributed by atoms with van der Waals surface area (Å²) in [6, 6.07) is 0. The van der Waals surface area contributed by atoms with Crippen molar-refractivity contribution in [2.24, 2.45) is 0 Å². The minimum absolute atomic E-state index is 0.171. The highest BCUT2D eigenvalue weighted by atomic mass is 31.1. The third-order valence-corrected chi connectivity index (χ3v) is 1.75. The average molecular weight is 188 g/mol. The fourth-order valence-electron chi connectivity index (χ4n) is 0.421. The van der Waals surface area contributed by atoms with Gasteiger partial charge in [-0.05, 0) is 13.8 Å². The van der Waals surface area contributed by atoms with E-state index >= 15 is 0 Å². The number of hydrogen-bond acceptors (Lipinski definition) is 3. The molecule has 0 aromatic heterocycles. The molecule has 0 heterocycles. The topological polar surface area (TPSA) is 35.5 Å². The zero-order chi connectivity index (χ0) is 9.23. The highest BCUT2D eigenvalue weighted by molar-refractivity contribution is 7.33. The van der Waals surface area contributed by atoms with Gasteiger partial charge < -0.3 is 4.52 Å². The molecular formula is C8H13O3P. The van der Waals surface area contributed by atoms with Gasteiger partial charge in [0.2, 0.25) is 0 Å². The molecule has 0 saturated carbocycles. The molecule has 3 nitrogen and oxygen atoms in total. The lowest BCUT2D eigenvalue weighted by molar-refractivity contribution is 0.264. The lowest BCUT2D eigenvalue weighted by Crippen LogP contribution is -1.85. The molecule has 0 radical (unpaired) electrons. The molecule has 0 aromatic rings. The summed E-state index contributed by atoms with van der Waals surface area (Å²) in [4.78, 5) is 0. The van der Waals surface area contributed by atoms with Crippen LogP contribution in [0.25, 0.3) is 0 Å². The predicted molar refractivity (Wildman–Crippen MR) is 49.2 cm³/mol. The summed E-state index contributed by atoms with van der Waals surface area (Å²) < 4.78 is 20.4. The average Bonchev–Trinajstić information content (AvgIpc) is 2.06. The quantitative estimate of drug-likeness (QED) is 0.376. The molecule has 0 aliphatic carbocycles. The SMILES string of the molecule is CC#CCO[PH](=O)OCC=CC. The van der Waals surface area contributed by atoms with Crippen LogP contribution in [0.5, 0.6) is 0 Å². The Morgan fingerprint density at radius 1 is 1.50 bits per heavy atom. The molecule has 1 atom stereocenters. The Hall–Kier alpha value is -0.550. The maximum atomic E-state index is 10.8. The number of rotatable bonds is 5. The molecule has 1 unspecified atom stereocenters. The first-order valence-electron chi connectivity index (χ1n) is 3.61. The van der Waals surface area contributed by atoms with Gasteiger partial charge >= 0.3 is 8.25 Å². The molecule has 0 rings (SSSR count). The minimum atomic E-state index is -2.34. The molecule has 4 heteroatoms. The van der Waals surface area contributed by atoms with Crippen LogP contribution in [-0.2, 0) is 13.6 Å². The Morgan fingerprint density at radius 3 is 2.83 bits per heavy atom. The third kappa shape index (κ3) is 7.56. The van der Waals surface area contributed by atoms with Crippen molar-refractivity contribution in [1.29, 1.82) is 0 Å². The second kappa shape index (κ2) is 8.55. The highest BCUT2D eigenvalue weighted by Crippen LogP contribution is 2.22. The summed E-state index contributed by atoms with van der Waals surface area (Å²) in [6.07, 6.45) is 3.58. The van der Waals surface area contributed by atoms with Gasteiger partial charge in [0.05, 0.1) is 6.61 Å². The van der Waals surface area contributed by atoms with E-state index in [1.54, 1.807) is 13.0 Å². The van der Waals surface area contributed by atoms with E-state index in [1.165, 1.54) is 0 Å². The molecule has 0 aromatic carbocycles. The van der Waals surface area contributed by atoms with Crippen molar-refractivity contribution >= 4 is 8.25 Å². The van der Waals surface area contributed by atoms with E-state index in [-0.39, 0.29) is 6.61 Å². The third-order valence-electron chi connectivity index (χ3n) is 0.972. The molecule has 0 N–H and O–H groups in total. The second-order valence-electron chi connectivity index (χ2n) is 1.85. The van der Waals surface area contributed by atoms with Gasteiger partial charge in [-0.2, -0.15) is 0 Å². The Labute approximate surface area is 73.7 Å². The fraction of sp³-hybridized carbons (Fsp3) is 0.500. The molecule has 0 spiro atoms. The van der Waals surface area contributed by atoms with Gasteiger partial charge in [-0.3, -0.25) is 9.09 Å². The predicted octanol–water partition coefficient (Wildman–Crippen LogP) is 2.01. The molecule has 68 valence electrons. The second-order valence-corrected chi connectivity index (χ2v) is 2.92. The highest BCUT2D eigenvalue weighted by Gasteiger charge is 1.94. The van der Waals surface area contributed by atoms with Gasteiger partial charge in [-0.15, -0.1) is 5.92 Å². The molecule has 0 bridgehead atoms. The van der Waals surface area contributed by atoms with E-state index < -0.39 is 8.25 Å². The maximum Gasteiger partial charge on any atom is 0.320 e. The van der Waals surface area contributed by atoms with Crippen LogP contribution in [0.2, 0.25) is 0 Å². The van der Waals surface area contributed by atoms with Crippen molar-refractivity contribution in [2.75, 3.05) is 13.2 Å². The lowest BCUT2D eigenvalue weighted by Gasteiger charge is -1.98. The van der Waals surface area contributed by atoms with Crippen molar-refractivity contribution in [3.63, 3.8) is 0 Å². The van der Waals surface area contributed by atoms with Crippen LogP contribution in [-0.4, -0.2) is 13.2 Å². The zero-order valence-corrected chi connectivity index (χ0v) is 8.29. The van der Waals surface area contributed by atoms with E-state index in [9.17, 15) is 4.57 Å². The molecule has 0 aliphatic heterocycles. The van der Waals surface area contributed by atoms with Crippen LogP contribution in [0.15, 0.2) is 12.2 Å². The normalized spacial score (nSPS) is 12.5. The Bertz CT molecular complexity index is 212. The van der Waals surface area contributed by atoms with Gasteiger partial charge in [0.15, 0.2) is 0 Å². The van der Waals surface area contributed by atoms with Gasteiger partial charge in [-0.1, -0.05) is 18.1 Å². The van der Waals surface area contributed by atoms with Gasteiger partial charge in [0.25, 0.3) is 0 Å². The summed E-state index contributed by atoms with van der Waals surface area (Å²) in [7, 11) is -2.34. The molecule has 0 amide bonds. The molecule has 0 fully saturated rings. The summed E-state index contributed by atoms with van der Waals surface area (Å²) in [5.74, 6) is 5.25. The van der Waals surface area contributed by atoms with E-state index in [0.717, 1.165) is 0 Å². The van der Waals surface area contributed by atoms with E-state index in [0.29, 0.717) is 6.61 Å². The van der Waals surface area contributed by atoms with Gasteiger partial charge in [-0.25, -0.2) is 0 Å². The first-order chi connectivity index (χ1) is 5.81. The van der Waals surface area contributed by atoms with Crippen molar-refractivity contribution < 1.29 is 13.6 Å². The van der Waals surface area contributed by atoms with E-state index in [2.05, 4.69) is 11.8 Å². The molecule has 12 heavy (non-hydrogen) atoms. The number of hydrogen-bond donors (Lipinski definition) is 0. The molecular weight excluding hydrogens is 175 g/mol. The summed E-state index contributed by atoms with van der Waals surface area (Å²) in [5.41, 5.74) is 0. The monoisotopic (exact) mass is 188 g/mol. The standard InChI is InChI=1S/C8H13O3P/c1-3-5-7-10-12(9)11-8-6-4-2/h3,5,12H,7-8H2,1-2H3. The van der Waals surface area contributed by atoms with Crippen LogP contribution >= 0.6 is 8.25 Å². The van der Waals surface area contributed by atoms with Crippen molar-refractivity contribution in [3.05, 3.63) is 12.2 Å². The summed E-state index contributed by atoms with van der Waals surface area (Å²) >= 11 is 0. The Kier molecular flexibility index (Phi) is 8.15.